The summed E-state index contributed by atoms with van der Waals surface area (Å²) in [5.41, 5.74) is 1.05. The number of oxazole rings is 1. The average Bonchev–Trinajstić information content (AvgIpc) is 2.99. The third-order valence-electron chi connectivity index (χ3n) is 4.44. The van der Waals surface area contributed by atoms with Crippen LogP contribution in [0.15, 0.2) is 57.9 Å². The van der Waals surface area contributed by atoms with E-state index in [1.165, 1.54) is 4.57 Å². The number of para-hydroxylation sites is 2. The highest BCUT2D eigenvalue weighted by Gasteiger charge is 2.29. The van der Waals surface area contributed by atoms with Crippen molar-refractivity contribution in [2.45, 2.75) is 25.1 Å². The summed E-state index contributed by atoms with van der Waals surface area (Å²) >= 11 is 0. The fraction of sp³-hybridized carbons (Fsp3) is 0.316. The number of fused-ring (bicyclic) bond motifs is 1. The Morgan fingerprint density at radius 1 is 1.26 bits per heavy atom. The highest BCUT2D eigenvalue weighted by molar-refractivity contribution is 5.79. The van der Waals surface area contributed by atoms with Crippen LogP contribution in [-0.2, 0) is 16.1 Å². The molecule has 3 aromatic rings. The van der Waals surface area contributed by atoms with Crippen molar-refractivity contribution in [2.75, 3.05) is 13.2 Å². The number of carbonyl (C=O) groups is 1. The number of carbonyl (C=O) groups excluding carboxylic acids is 1. The number of pyridine rings is 1. The van der Waals surface area contributed by atoms with E-state index in [4.69, 9.17) is 13.9 Å². The minimum atomic E-state index is -0.556. The lowest BCUT2D eigenvalue weighted by molar-refractivity contribution is -0.124. The van der Waals surface area contributed by atoms with Gasteiger partial charge >= 0.3 is 5.76 Å². The SMILES string of the molecule is O=C(Cn1c(=O)oc2ccccc21)N[C@@H]1CCOC[C@H]1Oc1ccccn1. The Kier molecular flexibility index (Phi) is 4.88. The summed E-state index contributed by atoms with van der Waals surface area (Å²) in [6.45, 7) is 0.765. The van der Waals surface area contributed by atoms with Crippen molar-refractivity contribution >= 4 is 17.0 Å². The fourth-order valence-electron chi connectivity index (χ4n) is 3.12. The van der Waals surface area contributed by atoms with Gasteiger partial charge in [0.1, 0.15) is 12.6 Å². The largest absolute Gasteiger partial charge is 0.470 e. The lowest BCUT2D eigenvalue weighted by atomic mass is 10.1. The Labute approximate surface area is 154 Å². The Balaban J connectivity index is 1.45. The number of benzene rings is 1. The molecule has 0 aliphatic carbocycles. The Hall–Kier alpha value is -3.13. The predicted molar refractivity (Wildman–Crippen MR) is 96.5 cm³/mol. The molecule has 1 saturated heterocycles. The smallest absolute Gasteiger partial charge is 0.420 e. The van der Waals surface area contributed by atoms with Crippen molar-refractivity contribution in [3.8, 4) is 5.88 Å². The highest BCUT2D eigenvalue weighted by Crippen LogP contribution is 2.16. The zero-order chi connectivity index (χ0) is 18.6. The van der Waals surface area contributed by atoms with Gasteiger partial charge in [0.25, 0.3) is 0 Å². The highest BCUT2D eigenvalue weighted by atomic mass is 16.5. The molecule has 0 spiro atoms. The van der Waals surface area contributed by atoms with E-state index in [9.17, 15) is 9.59 Å². The molecule has 0 bridgehead atoms. The lowest BCUT2D eigenvalue weighted by Gasteiger charge is -2.32. The number of rotatable bonds is 5. The van der Waals surface area contributed by atoms with E-state index in [1.54, 1.807) is 42.6 Å². The van der Waals surface area contributed by atoms with Crippen LogP contribution in [0.25, 0.3) is 11.1 Å². The van der Waals surface area contributed by atoms with E-state index in [2.05, 4.69) is 10.3 Å². The number of nitrogens with one attached hydrogen (secondary N) is 1. The van der Waals surface area contributed by atoms with Crippen molar-refractivity contribution in [3.63, 3.8) is 0 Å². The predicted octanol–water partition coefficient (Wildman–Crippen LogP) is 1.34. The summed E-state index contributed by atoms with van der Waals surface area (Å²) in [5, 5.41) is 2.95. The standard InChI is InChI=1S/C19H19N3O5/c23-17(11-22-14-5-1-2-6-15(14)27-19(22)24)21-13-8-10-25-12-16(13)26-18-7-3-4-9-20-18/h1-7,9,13,16H,8,10-12H2,(H,21,23)/t13-,16-/m1/s1. The first-order valence-corrected chi connectivity index (χ1v) is 8.74. The molecule has 1 fully saturated rings. The minimum absolute atomic E-state index is 0.122. The van der Waals surface area contributed by atoms with Gasteiger partial charge in [-0.25, -0.2) is 9.78 Å². The van der Waals surface area contributed by atoms with Crippen molar-refractivity contribution in [1.82, 2.24) is 14.9 Å². The van der Waals surface area contributed by atoms with E-state index < -0.39 is 5.76 Å². The van der Waals surface area contributed by atoms with Crippen molar-refractivity contribution in [3.05, 3.63) is 59.2 Å². The first-order valence-electron chi connectivity index (χ1n) is 8.74. The molecule has 2 aromatic heterocycles. The van der Waals surface area contributed by atoms with Crippen LogP contribution >= 0.6 is 0 Å². The summed E-state index contributed by atoms with van der Waals surface area (Å²) in [5.74, 6) is -0.367. The maximum Gasteiger partial charge on any atom is 0.420 e. The van der Waals surface area contributed by atoms with E-state index in [1.807, 2.05) is 6.07 Å². The second-order valence-electron chi connectivity index (χ2n) is 6.28. The van der Waals surface area contributed by atoms with Crippen LogP contribution in [0.1, 0.15) is 6.42 Å². The molecule has 1 aliphatic heterocycles. The van der Waals surface area contributed by atoms with Gasteiger partial charge in [-0.05, 0) is 24.6 Å². The zero-order valence-corrected chi connectivity index (χ0v) is 14.5. The Bertz CT molecular complexity index is 982. The number of aromatic nitrogens is 2. The maximum absolute atomic E-state index is 12.5. The van der Waals surface area contributed by atoms with Crippen LogP contribution in [0.5, 0.6) is 5.88 Å². The molecule has 0 saturated carbocycles. The van der Waals surface area contributed by atoms with E-state index in [0.717, 1.165) is 0 Å². The first kappa shape index (κ1) is 17.3. The quantitative estimate of drug-likeness (QED) is 0.729. The van der Waals surface area contributed by atoms with Gasteiger partial charge in [-0.2, -0.15) is 0 Å². The van der Waals surface area contributed by atoms with Gasteiger partial charge in [0, 0.05) is 18.9 Å². The van der Waals surface area contributed by atoms with Crippen LogP contribution in [0, 0.1) is 0 Å². The molecule has 1 aromatic carbocycles. The number of hydrogen-bond donors (Lipinski definition) is 1. The lowest BCUT2D eigenvalue weighted by Crippen LogP contribution is -2.52. The molecular weight excluding hydrogens is 350 g/mol. The van der Waals surface area contributed by atoms with Gasteiger partial charge in [0.05, 0.1) is 18.2 Å². The zero-order valence-electron chi connectivity index (χ0n) is 14.5. The van der Waals surface area contributed by atoms with Crippen LogP contribution in [-0.4, -0.2) is 40.8 Å². The second kappa shape index (κ2) is 7.63. The third-order valence-corrected chi connectivity index (χ3v) is 4.44. The van der Waals surface area contributed by atoms with Gasteiger partial charge in [-0.3, -0.25) is 9.36 Å². The molecule has 0 radical (unpaired) electrons. The molecule has 4 rings (SSSR count). The molecule has 1 amide bonds. The molecule has 0 unspecified atom stereocenters. The van der Waals surface area contributed by atoms with Crippen LogP contribution in [0.4, 0.5) is 0 Å². The monoisotopic (exact) mass is 369 g/mol. The van der Waals surface area contributed by atoms with Gasteiger partial charge in [-0.1, -0.05) is 18.2 Å². The van der Waals surface area contributed by atoms with Crippen molar-refractivity contribution in [1.29, 1.82) is 0 Å². The van der Waals surface area contributed by atoms with Crippen LogP contribution in [0.2, 0.25) is 0 Å². The maximum atomic E-state index is 12.5. The van der Waals surface area contributed by atoms with Crippen LogP contribution < -0.4 is 15.8 Å². The number of nitrogens with zero attached hydrogens (tertiary/aromatic N) is 2. The Morgan fingerprint density at radius 3 is 2.96 bits per heavy atom. The van der Waals surface area contributed by atoms with E-state index >= 15 is 0 Å². The average molecular weight is 369 g/mol. The van der Waals surface area contributed by atoms with Crippen LogP contribution in [0.3, 0.4) is 0 Å². The number of amides is 1. The molecule has 27 heavy (non-hydrogen) atoms. The molecule has 3 heterocycles. The van der Waals surface area contributed by atoms with E-state index in [-0.39, 0.29) is 24.6 Å². The number of ether oxygens (including phenoxy) is 2. The molecule has 8 nitrogen and oxygen atoms in total. The minimum Gasteiger partial charge on any atom is -0.470 e. The summed E-state index contributed by atoms with van der Waals surface area (Å²) < 4.78 is 17.8. The molecule has 1 aliphatic rings. The summed E-state index contributed by atoms with van der Waals surface area (Å²) in [6, 6.07) is 12.2. The molecular formula is C19H19N3O5. The topological polar surface area (TPSA) is 95.6 Å². The fourth-order valence-corrected chi connectivity index (χ4v) is 3.12. The Morgan fingerprint density at radius 2 is 2.11 bits per heavy atom. The van der Waals surface area contributed by atoms with Gasteiger partial charge < -0.3 is 19.2 Å². The number of hydrogen-bond acceptors (Lipinski definition) is 6. The molecule has 2 atom stereocenters. The van der Waals surface area contributed by atoms with Gasteiger partial charge in [-0.15, -0.1) is 0 Å². The molecule has 1 N–H and O–H groups in total. The second-order valence-corrected chi connectivity index (χ2v) is 6.28. The molecule has 140 valence electrons. The summed E-state index contributed by atoms with van der Waals surface area (Å²) in [7, 11) is 0. The van der Waals surface area contributed by atoms with Crippen molar-refractivity contribution in [2.24, 2.45) is 0 Å². The van der Waals surface area contributed by atoms with E-state index in [0.29, 0.717) is 36.6 Å². The normalized spacial score (nSPS) is 19.7. The summed E-state index contributed by atoms with van der Waals surface area (Å²) in [6.07, 6.45) is 1.91. The first-order chi connectivity index (χ1) is 13.2. The van der Waals surface area contributed by atoms with Gasteiger partial charge in [0.2, 0.25) is 11.8 Å². The van der Waals surface area contributed by atoms with Gasteiger partial charge in [0.15, 0.2) is 5.58 Å². The molecule has 8 heteroatoms. The summed E-state index contributed by atoms with van der Waals surface area (Å²) in [4.78, 5) is 28.7. The third kappa shape index (κ3) is 3.85. The van der Waals surface area contributed by atoms with Crippen molar-refractivity contribution < 1.29 is 18.7 Å².